The molecule has 140 valence electrons. The van der Waals surface area contributed by atoms with Crippen molar-refractivity contribution in [3.05, 3.63) is 63.4 Å². The second-order valence-corrected chi connectivity index (χ2v) is 8.07. The van der Waals surface area contributed by atoms with E-state index < -0.39 is 33.0 Å². The molecule has 0 fully saturated rings. The summed E-state index contributed by atoms with van der Waals surface area (Å²) in [7, 11) is -3.76. The third-order valence-corrected chi connectivity index (χ3v) is 5.61. The van der Waals surface area contributed by atoms with Crippen molar-refractivity contribution >= 4 is 33.0 Å². The fourth-order valence-electron chi connectivity index (χ4n) is 2.29. The average Bonchev–Trinajstić information content (AvgIpc) is 3.04. The molecule has 0 atom stereocenters. The highest BCUT2D eigenvalue weighted by Gasteiger charge is 2.21. The van der Waals surface area contributed by atoms with Crippen LogP contribution in [0, 0.1) is 0 Å². The number of nitrogens with one attached hydrogen (secondary N) is 2. The first kappa shape index (κ1) is 18.6. The summed E-state index contributed by atoms with van der Waals surface area (Å²) >= 11 is 1.05. The number of carboxylic acid groups (broad SMARTS) is 1. The zero-order chi connectivity index (χ0) is 19.6. The number of sulfonamides is 1. The standard InChI is InChI=1S/C16H13N3O6S2/c20-12-11(16(22)23)17-14(18-15(12)21)13-10(6-7-26-13)19-27(24,25)8-9-4-2-1-3-5-9/h1-7,19-20H,8H2,(H,22,23)(H,17,18,21). The number of aromatic amines is 1. The van der Waals surface area contributed by atoms with Crippen molar-refractivity contribution in [3.63, 3.8) is 0 Å². The lowest BCUT2D eigenvalue weighted by molar-refractivity contribution is 0.0686. The molecule has 1 aromatic carbocycles. The molecule has 0 aliphatic rings. The number of aromatic carboxylic acids is 1. The molecule has 0 amide bonds. The Morgan fingerprint density at radius 1 is 1.22 bits per heavy atom. The van der Waals surface area contributed by atoms with Crippen molar-refractivity contribution in [3.8, 4) is 16.5 Å². The molecule has 0 radical (unpaired) electrons. The number of benzene rings is 1. The van der Waals surface area contributed by atoms with E-state index in [0.29, 0.717) is 5.56 Å². The van der Waals surface area contributed by atoms with Crippen LogP contribution in [0.1, 0.15) is 16.1 Å². The van der Waals surface area contributed by atoms with Crippen molar-refractivity contribution in [2.75, 3.05) is 4.72 Å². The van der Waals surface area contributed by atoms with Gasteiger partial charge in [-0.15, -0.1) is 11.3 Å². The number of rotatable bonds is 6. The van der Waals surface area contributed by atoms with Gasteiger partial charge in [-0.1, -0.05) is 30.3 Å². The van der Waals surface area contributed by atoms with Crippen molar-refractivity contribution in [2.24, 2.45) is 0 Å². The van der Waals surface area contributed by atoms with E-state index in [0.717, 1.165) is 11.3 Å². The highest BCUT2D eigenvalue weighted by atomic mass is 32.2. The van der Waals surface area contributed by atoms with E-state index >= 15 is 0 Å². The molecule has 9 nitrogen and oxygen atoms in total. The van der Waals surface area contributed by atoms with Gasteiger partial charge in [0, 0.05) is 0 Å². The van der Waals surface area contributed by atoms with E-state index in [9.17, 15) is 23.1 Å². The lowest BCUT2D eigenvalue weighted by atomic mass is 10.2. The van der Waals surface area contributed by atoms with Gasteiger partial charge in [-0.2, -0.15) is 0 Å². The van der Waals surface area contributed by atoms with Gasteiger partial charge in [-0.3, -0.25) is 9.52 Å². The number of hydrogen-bond donors (Lipinski definition) is 4. The van der Waals surface area contributed by atoms with Gasteiger partial charge in [0.05, 0.1) is 16.3 Å². The number of aromatic hydroxyl groups is 1. The maximum Gasteiger partial charge on any atom is 0.358 e. The number of anilines is 1. The Labute approximate surface area is 157 Å². The highest BCUT2D eigenvalue weighted by molar-refractivity contribution is 7.92. The molecule has 0 spiro atoms. The highest BCUT2D eigenvalue weighted by Crippen LogP contribution is 2.32. The predicted octanol–water partition coefficient (Wildman–Crippen LogP) is 1.84. The molecule has 0 bridgehead atoms. The lowest BCUT2D eigenvalue weighted by Crippen LogP contribution is -2.17. The Bertz CT molecular complexity index is 1150. The third kappa shape index (κ3) is 4.15. The van der Waals surface area contributed by atoms with Crippen LogP contribution in [-0.4, -0.2) is 34.6 Å². The van der Waals surface area contributed by atoms with Crippen LogP contribution in [0.25, 0.3) is 10.7 Å². The molecule has 2 aromatic heterocycles. The minimum Gasteiger partial charge on any atom is -0.501 e. The van der Waals surface area contributed by atoms with Crippen LogP contribution in [0.2, 0.25) is 0 Å². The van der Waals surface area contributed by atoms with E-state index in [4.69, 9.17) is 5.11 Å². The van der Waals surface area contributed by atoms with Gasteiger partial charge in [0.1, 0.15) is 0 Å². The van der Waals surface area contributed by atoms with E-state index in [2.05, 4.69) is 14.7 Å². The van der Waals surface area contributed by atoms with E-state index in [-0.39, 0.29) is 22.1 Å². The number of hydrogen-bond acceptors (Lipinski definition) is 7. The van der Waals surface area contributed by atoms with Gasteiger partial charge in [-0.25, -0.2) is 18.2 Å². The maximum atomic E-state index is 12.4. The Kier molecular flexibility index (Phi) is 4.97. The molecular formula is C16H13N3O6S2. The largest absolute Gasteiger partial charge is 0.501 e. The summed E-state index contributed by atoms with van der Waals surface area (Å²) in [6, 6.07) is 10.0. The van der Waals surface area contributed by atoms with Crippen LogP contribution in [0.15, 0.2) is 46.6 Å². The van der Waals surface area contributed by atoms with Crippen molar-refractivity contribution < 1.29 is 23.4 Å². The van der Waals surface area contributed by atoms with Gasteiger partial charge < -0.3 is 15.2 Å². The third-order valence-electron chi connectivity index (χ3n) is 3.44. The van der Waals surface area contributed by atoms with E-state index in [1.165, 1.54) is 6.07 Å². The Morgan fingerprint density at radius 2 is 1.93 bits per heavy atom. The molecule has 11 heteroatoms. The first-order valence-electron chi connectivity index (χ1n) is 7.45. The van der Waals surface area contributed by atoms with Gasteiger partial charge in [-0.05, 0) is 17.0 Å². The number of carboxylic acids is 1. The van der Waals surface area contributed by atoms with Crippen LogP contribution in [0.3, 0.4) is 0 Å². The fourth-order valence-corrected chi connectivity index (χ4v) is 4.36. The smallest absolute Gasteiger partial charge is 0.358 e. The second kappa shape index (κ2) is 7.21. The first-order chi connectivity index (χ1) is 12.8. The summed E-state index contributed by atoms with van der Waals surface area (Å²) in [5, 5.41) is 20.1. The molecule has 2 heterocycles. The zero-order valence-electron chi connectivity index (χ0n) is 13.5. The number of H-pyrrole nitrogens is 1. The lowest BCUT2D eigenvalue weighted by Gasteiger charge is -2.09. The summed E-state index contributed by atoms with van der Waals surface area (Å²) in [5.74, 6) is -3.03. The van der Waals surface area contributed by atoms with Gasteiger partial charge in [0.15, 0.2) is 11.5 Å². The van der Waals surface area contributed by atoms with Gasteiger partial charge >= 0.3 is 5.97 Å². The molecule has 0 saturated heterocycles. The maximum absolute atomic E-state index is 12.4. The Hall–Kier alpha value is -3.18. The number of carbonyl (C=O) groups is 1. The minimum atomic E-state index is -3.76. The number of nitrogens with zero attached hydrogens (tertiary/aromatic N) is 1. The molecule has 0 aliphatic carbocycles. The molecule has 0 aliphatic heterocycles. The quantitative estimate of drug-likeness (QED) is 0.487. The summed E-state index contributed by atoms with van der Waals surface area (Å²) in [5.41, 5.74) is -1.13. The summed E-state index contributed by atoms with van der Waals surface area (Å²) in [6.45, 7) is 0. The van der Waals surface area contributed by atoms with Crippen molar-refractivity contribution in [2.45, 2.75) is 5.75 Å². The van der Waals surface area contributed by atoms with Crippen molar-refractivity contribution in [1.82, 2.24) is 9.97 Å². The molecule has 4 N–H and O–H groups in total. The van der Waals surface area contributed by atoms with Crippen LogP contribution >= 0.6 is 11.3 Å². The van der Waals surface area contributed by atoms with Crippen LogP contribution in [0.5, 0.6) is 5.75 Å². The number of aromatic nitrogens is 2. The van der Waals surface area contributed by atoms with E-state index in [1.807, 2.05) is 0 Å². The molecule has 0 saturated carbocycles. The Morgan fingerprint density at radius 3 is 2.59 bits per heavy atom. The predicted molar refractivity (Wildman–Crippen MR) is 99.5 cm³/mol. The summed E-state index contributed by atoms with van der Waals surface area (Å²) in [4.78, 5) is 29.1. The average molecular weight is 407 g/mol. The normalized spacial score (nSPS) is 11.3. The summed E-state index contributed by atoms with van der Waals surface area (Å²) < 4.78 is 27.2. The number of thiophene rings is 1. The SMILES string of the molecule is O=C(O)c1nc(-c2sccc2NS(=O)(=O)Cc2ccccc2)[nH]c(=O)c1O. The molecule has 3 rings (SSSR count). The van der Waals surface area contributed by atoms with Crippen LogP contribution in [-0.2, 0) is 15.8 Å². The zero-order valence-corrected chi connectivity index (χ0v) is 15.2. The molecule has 0 unspecified atom stereocenters. The molecular weight excluding hydrogens is 394 g/mol. The molecule has 3 aromatic rings. The molecule has 27 heavy (non-hydrogen) atoms. The van der Waals surface area contributed by atoms with Crippen LogP contribution in [0.4, 0.5) is 5.69 Å². The first-order valence-corrected chi connectivity index (χ1v) is 9.99. The monoisotopic (exact) mass is 407 g/mol. The minimum absolute atomic E-state index is 0.140. The summed E-state index contributed by atoms with van der Waals surface area (Å²) in [6.07, 6.45) is 0. The fraction of sp³-hybridized carbons (Fsp3) is 0.0625. The van der Waals surface area contributed by atoms with Crippen LogP contribution < -0.4 is 10.3 Å². The Balaban J connectivity index is 1.95. The topological polar surface area (TPSA) is 149 Å². The second-order valence-electron chi connectivity index (χ2n) is 5.43. The van der Waals surface area contributed by atoms with E-state index in [1.54, 1.807) is 35.7 Å². The van der Waals surface area contributed by atoms with Gasteiger partial charge in [0.2, 0.25) is 15.8 Å². The van der Waals surface area contributed by atoms with Crippen molar-refractivity contribution in [1.29, 1.82) is 0 Å². The van der Waals surface area contributed by atoms with Gasteiger partial charge in [0.25, 0.3) is 5.56 Å².